The topological polar surface area (TPSA) is 92.7 Å². The van der Waals surface area contributed by atoms with Gasteiger partial charge in [-0.2, -0.15) is 8.78 Å². The van der Waals surface area contributed by atoms with Gasteiger partial charge in [-0.15, -0.1) is 0 Å². The Morgan fingerprint density at radius 1 is 1.18 bits per heavy atom. The van der Waals surface area contributed by atoms with Crippen LogP contribution in [0.1, 0.15) is 22.8 Å². The predicted octanol–water partition coefficient (Wildman–Crippen LogP) is 2.42. The fraction of sp³-hybridized carbons (Fsp3) is 0.316. The van der Waals surface area contributed by atoms with Crippen LogP contribution in [-0.4, -0.2) is 44.4 Å². The largest absolute Gasteiger partial charge is 0.497 e. The summed E-state index contributed by atoms with van der Waals surface area (Å²) in [5.74, 6) is -3.84. The Bertz CT molecular complexity index is 928. The molecule has 152 valence electrons. The maximum absolute atomic E-state index is 12.8. The van der Waals surface area contributed by atoms with Gasteiger partial charge in [0.15, 0.2) is 0 Å². The third-order valence-corrected chi connectivity index (χ3v) is 5.48. The molecular weight excluding hydrogens is 392 g/mol. The van der Waals surface area contributed by atoms with Crippen molar-refractivity contribution < 1.29 is 31.8 Å². The quantitative estimate of drug-likeness (QED) is 0.693. The molecule has 2 aromatic rings. The summed E-state index contributed by atoms with van der Waals surface area (Å²) in [5.41, 5.74) is -0.954. The molecule has 0 spiro atoms. The summed E-state index contributed by atoms with van der Waals surface area (Å²) >= 11 is 0. The van der Waals surface area contributed by atoms with E-state index in [9.17, 15) is 27.1 Å². The summed E-state index contributed by atoms with van der Waals surface area (Å²) in [7, 11) is -3.40. The Kier molecular flexibility index (Phi) is 6.73. The van der Waals surface area contributed by atoms with Crippen molar-refractivity contribution in [1.29, 1.82) is 0 Å². The molecule has 2 N–H and O–H groups in total. The molecule has 2 aromatic carbocycles. The second-order valence-electron chi connectivity index (χ2n) is 6.51. The molecule has 0 aromatic heterocycles. The first-order chi connectivity index (χ1) is 13.1. The van der Waals surface area contributed by atoms with Crippen LogP contribution in [0.4, 0.5) is 8.78 Å². The van der Waals surface area contributed by atoms with Gasteiger partial charge in [-0.1, -0.05) is 24.3 Å². The van der Waals surface area contributed by atoms with Crippen LogP contribution in [-0.2, 0) is 16.3 Å². The number of sulfone groups is 1. The van der Waals surface area contributed by atoms with Crippen molar-refractivity contribution in [3.8, 4) is 5.75 Å². The molecule has 28 heavy (non-hydrogen) atoms. The number of hydrogen-bond donors (Lipinski definition) is 2. The van der Waals surface area contributed by atoms with Crippen molar-refractivity contribution in [1.82, 2.24) is 5.32 Å². The van der Waals surface area contributed by atoms with E-state index in [0.29, 0.717) is 5.75 Å². The molecule has 0 radical (unpaired) electrons. The molecule has 0 aliphatic rings. The van der Waals surface area contributed by atoms with E-state index < -0.39 is 37.6 Å². The maximum Gasteiger partial charge on any atom is 0.341 e. The maximum atomic E-state index is 12.8. The van der Waals surface area contributed by atoms with E-state index in [4.69, 9.17) is 4.74 Å². The van der Waals surface area contributed by atoms with Gasteiger partial charge < -0.3 is 15.2 Å². The third kappa shape index (κ3) is 5.26. The second-order valence-corrected chi connectivity index (χ2v) is 8.39. The number of methoxy groups -OCH3 is 1. The molecule has 0 saturated heterocycles. The number of carbonyl (C=O) groups is 1. The highest BCUT2D eigenvalue weighted by Crippen LogP contribution is 2.22. The van der Waals surface area contributed by atoms with Gasteiger partial charge in [-0.05, 0) is 36.8 Å². The molecule has 0 unspecified atom stereocenters. The first-order valence-electron chi connectivity index (χ1n) is 8.31. The molecule has 6 nitrogen and oxygen atoms in total. The van der Waals surface area contributed by atoms with Crippen molar-refractivity contribution in [2.45, 2.75) is 29.6 Å². The van der Waals surface area contributed by atoms with Gasteiger partial charge in [0.05, 0.1) is 23.2 Å². The minimum Gasteiger partial charge on any atom is -0.497 e. The van der Waals surface area contributed by atoms with Gasteiger partial charge in [0, 0.05) is 13.0 Å². The fourth-order valence-corrected chi connectivity index (χ4v) is 3.54. The zero-order valence-electron chi connectivity index (χ0n) is 15.4. The molecule has 0 heterocycles. The average molecular weight is 413 g/mol. The number of rotatable bonds is 8. The van der Waals surface area contributed by atoms with Crippen molar-refractivity contribution >= 4 is 15.7 Å². The van der Waals surface area contributed by atoms with Crippen molar-refractivity contribution in [3.05, 3.63) is 59.7 Å². The van der Waals surface area contributed by atoms with Crippen LogP contribution in [0.25, 0.3) is 0 Å². The smallest absolute Gasteiger partial charge is 0.341 e. The first-order valence-corrected chi connectivity index (χ1v) is 9.86. The predicted molar refractivity (Wildman–Crippen MR) is 99.3 cm³/mol. The second kappa shape index (κ2) is 8.66. The lowest BCUT2D eigenvalue weighted by molar-refractivity contribution is 0.0551. The summed E-state index contributed by atoms with van der Waals surface area (Å²) in [6.07, 6.45) is 0.203. The van der Waals surface area contributed by atoms with Gasteiger partial charge in [-0.3, -0.25) is 4.79 Å². The molecule has 1 atom stereocenters. The van der Waals surface area contributed by atoms with E-state index in [0.717, 1.165) is 17.7 Å². The molecular formula is C19H21F2NO5S. The number of alkyl halides is 2. The number of benzene rings is 2. The lowest BCUT2D eigenvalue weighted by Crippen LogP contribution is -2.42. The lowest BCUT2D eigenvalue weighted by atomic mass is 9.96. The number of halogens is 2. The summed E-state index contributed by atoms with van der Waals surface area (Å²) in [4.78, 5) is 11.6. The van der Waals surface area contributed by atoms with Gasteiger partial charge in [0.2, 0.25) is 9.84 Å². The molecule has 9 heteroatoms. The van der Waals surface area contributed by atoms with Crippen molar-refractivity contribution in [2.75, 3.05) is 13.7 Å². The number of carbonyl (C=O) groups excluding carboxylic acids is 1. The third-order valence-electron chi connectivity index (χ3n) is 4.05. The normalized spacial score (nSPS) is 13.8. The van der Waals surface area contributed by atoms with Gasteiger partial charge >= 0.3 is 5.76 Å². The van der Waals surface area contributed by atoms with E-state index in [1.165, 1.54) is 26.2 Å². The van der Waals surface area contributed by atoms with Crippen LogP contribution in [0.3, 0.4) is 0 Å². The number of amides is 1. The molecule has 2 rings (SSSR count). The number of hydrogen-bond acceptors (Lipinski definition) is 5. The van der Waals surface area contributed by atoms with E-state index >= 15 is 0 Å². The fourth-order valence-electron chi connectivity index (χ4n) is 2.61. The van der Waals surface area contributed by atoms with Crippen LogP contribution >= 0.6 is 0 Å². The van der Waals surface area contributed by atoms with Crippen LogP contribution < -0.4 is 10.1 Å². The Morgan fingerprint density at radius 3 is 2.36 bits per heavy atom. The summed E-state index contributed by atoms with van der Waals surface area (Å²) in [5, 5.41) is 12.9. The molecule has 1 amide bonds. The van der Waals surface area contributed by atoms with E-state index in [1.54, 1.807) is 24.3 Å². The minimum atomic E-state index is -4.93. The molecule has 0 bridgehead atoms. The Morgan fingerprint density at radius 2 is 1.79 bits per heavy atom. The van der Waals surface area contributed by atoms with E-state index in [-0.39, 0.29) is 13.0 Å². The lowest BCUT2D eigenvalue weighted by Gasteiger charge is -2.24. The minimum absolute atomic E-state index is 0.203. The van der Waals surface area contributed by atoms with Crippen molar-refractivity contribution in [3.63, 3.8) is 0 Å². The standard InChI is InChI=1S/C19H21F2NO5S/c1-19(24,11-13-7-9-14(27-2)10-8-13)12-22-17(23)15-5-3-4-6-16(15)28(25,26)18(20)21/h3-10,18,24H,11-12H2,1-2H3,(H,22,23)/t19-/m1/s1. The molecule has 0 aliphatic heterocycles. The van der Waals surface area contributed by atoms with E-state index in [1.807, 2.05) is 0 Å². The highest BCUT2D eigenvalue weighted by Gasteiger charge is 2.31. The number of nitrogens with one attached hydrogen (secondary N) is 1. The molecule has 0 saturated carbocycles. The zero-order chi connectivity index (χ0) is 20.9. The number of aliphatic hydroxyl groups is 1. The highest BCUT2D eigenvalue weighted by molar-refractivity contribution is 7.91. The van der Waals surface area contributed by atoms with Crippen molar-refractivity contribution in [2.24, 2.45) is 0 Å². The first kappa shape index (κ1) is 21.8. The average Bonchev–Trinajstić information content (AvgIpc) is 2.66. The zero-order valence-corrected chi connectivity index (χ0v) is 16.2. The van der Waals surface area contributed by atoms with Crippen LogP contribution in [0.15, 0.2) is 53.4 Å². The van der Waals surface area contributed by atoms with Crippen LogP contribution in [0, 0.1) is 0 Å². The summed E-state index contributed by atoms with van der Waals surface area (Å²) in [6.45, 7) is 1.29. The van der Waals surface area contributed by atoms with Gasteiger partial charge in [-0.25, -0.2) is 8.42 Å². The van der Waals surface area contributed by atoms with Gasteiger partial charge in [0.25, 0.3) is 5.91 Å². The molecule has 0 aliphatic carbocycles. The Balaban J connectivity index is 2.11. The van der Waals surface area contributed by atoms with Gasteiger partial charge in [0.1, 0.15) is 5.75 Å². The number of ether oxygens (including phenoxy) is 1. The Labute approximate surface area is 162 Å². The summed E-state index contributed by atoms with van der Waals surface area (Å²) in [6, 6.07) is 11.7. The SMILES string of the molecule is COc1ccc(C[C@@](C)(O)CNC(=O)c2ccccc2S(=O)(=O)C(F)F)cc1. The van der Waals surface area contributed by atoms with E-state index in [2.05, 4.69) is 5.32 Å². The Hall–Kier alpha value is -2.52. The highest BCUT2D eigenvalue weighted by atomic mass is 32.2. The monoisotopic (exact) mass is 413 g/mol. The molecule has 0 fully saturated rings. The van der Waals surface area contributed by atoms with Crippen LogP contribution in [0.2, 0.25) is 0 Å². The summed E-state index contributed by atoms with van der Waals surface area (Å²) < 4.78 is 54.3. The van der Waals surface area contributed by atoms with Crippen LogP contribution in [0.5, 0.6) is 5.75 Å².